The van der Waals surface area contributed by atoms with E-state index in [0.717, 1.165) is 27.8 Å². The largest absolute Gasteiger partial charge is 0.388 e. The predicted molar refractivity (Wildman–Crippen MR) is 65.4 cm³/mol. The van der Waals surface area contributed by atoms with Gasteiger partial charge in [0.25, 0.3) is 0 Å². The number of halogens is 1. The van der Waals surface area contributed by atoms with Gasteiger partial charge in [0.15, 0.2) is 0 Å². The summed E-state index contributed by atoms with van der Waals surface area (Å²) in [6, 6.07) is 14.2. The summed E-state index contributed by atoms with van der Waals surface area (Å²) in [5.74, 6) is 0. The molecule has 1 aromatic heterocycles. The minimum absolute atomic E-state index is 0.977. The highest BCUT2D eigenvalue weighted by Gasteiger charge is 2.06. The van der Waals surface area contributed by atoms with Gasteiger partial charge in [-0.1, -0.05) is 12.1 Å². The molecule has 1 heterocycles. The van der Waals surface area contributed by atoms with Gasteiger partial charge in [-0.15, -0.1) is 10.2 Å². The van der Waals surface area contributed by atoms with Crippen LogP contribution in [-0.4, -0.2) is 12.0 Å². The van der Waals surface area contributed by atoms with Crippen LogP contribution in [0.4, 0.5) is 5.69 Å². The normalized spacial score (nSPS) is 11.1. The minimum atomic E-state index is -4.94. The molecule has 0 aliphatic carbocycles. The number of fused-ring (bicyclic) bond motifs is 2. The summed E-state index contributed by atoms with van der Waals surface area (Å²) in [5, 5.41) is 3.11. The first kappa shape index (κ1) is 15.4. The average molecular weight is 310 g/mol. The molecule has 0 aliphatic heterocycles. The molecule has 2 N–H and O–H groups in total. The van der Waals surface area contributed by atoms with Crippen LogP contribution in [0.15, 0.2) is 42.5 Å². The number of nitrogens with one attached hydrogen (secondary N) is 2. The van der Waals surface area contributed by atoms with Crippen LogP contribution < -0.4 is 28.9 Å². The Morgan fingerprint density at radius 1 is 0.952 bits per heavy atom. The number of para-hydroxylation sites is 2. The number of aromatic nitrogens is 2. The lowest BCUT2D eigenvalue weighted by atomic mass is 10.2. The summed E-state index contributed by atoms with van der Waals surface area (Å²) in [7, 11) is -3.04. The van der Waals surface area contributed by atoms with E-state index in [2.05, 4.69) is 15.3 Å². The highest BCUT2D eigenvalue weighted by Crippen LogP contribution is 2.16. The molecule has 3 rings (SSSR count). The summed E-state index contributed by atoms with van der Waals surface area (Å²) in [4.78, 5) is 7.99. The summed E-state index contributed by atoms with van der Waals surface area (Å²) >= 11 is 0. The van der Waals surface area contributed by atoms with Crippen molar-refractivity contribution in [3.05, 3.63) is 42.5 Å². The van der Waals surface area contributed by atoms with Crippen LogP contribution in [0.1, 0.15) is 0 Å². The van der Waals surface area contributed by atoms with Crippen molar-refractivity contribution in [2.45, 2.75) is 0 Å². The van der Waals surface area contributed by atoms with Crippen LogP contribution in [-0.2, 0) is 0 Å². The van der Waals surface area contributed by atoms with Crippen molar-refractivity contribution in [3.63, 3.8) is 0 Å². The maximum atomic E-state index is 8.49. The van der Waals surface area contributed by atoms with E-state index in [1.807, 2.05) is 49.5 Å². The molecule has 0 saturated heterocycles. The zero-order chi connectivity index (χ0) is 15.5. The van der Waals surface area contributed by atoms with Crippen LogP contribution in [0.25, 0.3) is 22.1 Å². The third-order valence-electron chi connectivity index (χ3n) is 2.70. The van der Waals surface area contributed by atoms with Gasteiger partial charge < -0.3 is 5.32 Å². The van der Waals surface area contributed by atoms with E-state index in [4.69, 9.17) is 18.6 Å². The summed E-state index contributed by atoms with van der Waals surface area (Å²) in [5.41, 5.74) is 5.15. The lowest BCUT2D eigenvalue weighted by Gasteiger charge is -2.17. The molecule has 0 amide bonds. The first-order chi connectivity index (χ1) is 9.86. The van der Waals surface area contributed by atoms with Gasteiger partial charge in [-0.3, -0.25) is 0 Å². The van der Waals surface area contributed by atoms with Gasteiger partial charge in [-0.2, -0.15) is 0 Å². The molecule has 2 aromatic carbocycles. The fourth-order valence-electron chi connectivity index (χ4n) is 1.84. The molecule has 7 nitrogen and oxygen atoms in total. The lowest BCUT2D eigenvalue weighted by Crippen LogP contribution is -2.68. The van der Waals surface area contributed by atoms with Gasteiger partial charge in [-0.05, 0) is 18.2 Å². The molecular weight excluding hydrogens is 298 g/mol. The predicted octanol–water partition coefficient (Wildman–Crippen LogP) is -2.51. The van der Waals surface area contributed by atoms with E-state index in [-0.39, 0.29) is 0 Å². The van der Waals surface area contributed by atoms with Crippen molar-refractivity contribution >= 4 is 27.8 Å². The Bertz CT molecular complexity index is 755. The second kappa shape index (κ2) is 6.17. The number of nitrogens with zero attached hydrogens (tertiary/aromatic N) is 1. The smallest absolute Gasteiger partial charge is 0.230 e. The molecule has 0 atom stereocenters. The van der Waals surface area contributed by atoms with Gasteiger partial charge in [0, 0.05) is 24.9 Å². The van der Waals surface area contributed by atoms with E-state index in [1.165, 1.54) is 0 Å². The molecule has 0 saturated carbocycles. The quantitative estimate of drug-likeness (QED) is 0.494. The maximum absolute atomic E-state index is 8.49. The van der Waals surface area contributed by atoms with Crippen molar-refractivity contribution in [2.75, 3.05) is 12.4 Å². The van der Waals surface area contributed by atoms with E-state index < -0.39 is 10.2 Å². The number of benzene rings is 2. The fraction of sp³-hybridized carbons (Fsp3) is 0.0769. The molecule has 21 heavy (non-hydrogen) atoms. The first-order valence-electron chi connectivity index (χ1n) is 5.88. The number of hydrogen-bond donors (Lipinski definition) is 1. The van der Waals surface area contributed by atoms with E-state index >= 15 is 0 Å². The van der Waals surface area contributed by atoms with Crippen molar-refractivity contribution in [3.8, 4) is 0 Å². The van der Waals surface area contributed by atoms with Crippen molar-refractivity contribution < 1.29 is 33.9 Å². The van der Waals surface area contributed by atoms with Crippen LogP contribution in [0.5, 0.6) is 0 Å². The molecule has 0 fully saturated rings. The Morgan fingerprint density at radius 3 is 2.24 bits per heavy atom. The molecule has 0 bridgehead atoms. The zero-order valence-corrected chi connectivity index (χ0v) is 11.8. The van der Waals surface area contributed by atoms with Crippen molar-refractivity contribution in [2.24, 2.45) is 0 Å². The maximum Gasteiger partial charge on any atom is 0.230 e. The summed E-state index contributed by atoms with van der Waals surface area (Å²) in [6.45, 7) is 0. The number of rotatable bonds is 1. The van der Waals surface area contributed by atoms with Crippen molar-refractivity contribution in [1.82, 2.24) is 4.98 Å². The molecule has 0 radical (unpaired) electrons. The minimum Gasteiger partial charge on any atom is -0.388 e. The molecule has 110 valence electrons. The average Bonchev–Trinajstić information content (AvgIpc) is 2.42. The van der Waals surface area contributed by atoms with Crippen LogP contribution in [0.3, 0.4) is 0 Å². The van der Waals surface area contributed by atoms with Gasteiger partial charge in [0.05, 0.1) is 0 Å². The fourth-order valence-corrected chi connectivity index (χ4v) is 1.84. The Hall–Kier alpha value is -2.03. The van der Waals surface area contributed by atoms with Gasteiger partial charge in [0.2, 0.25) is 11.0 Å². The number of aromatic amines is 1. The zero-order valence-electron chi connectivity index (χ0n) is 11.0. The first-order valence-corrected chi connectivity index (χ1v) is 7.11. The standard InChI is InChI=1S/C13H11N3.ClHO4/c1-14-9-6-7-12-13(8-9)16-11-5-3-2-4-10(11)15-12;2-1(3,4)5/h2-8,14H,1H3;(H,2,3,4,5). The van der Waals surface area contributed by atoms with E-state index in [9.17, 15) is 0 Å². The molecule has 0 spiro atoms. The lowest BCUT2D eigenvalue weighted by molar-refractivity contribution is -2.00. The molecule has 0 aliphatic rings. The summed E-state index contributed by atoms with van der Waals surface area (Å²) in [6.07, 6.45) is 0. The third-order valence-corrected chi connectivity index (χ3v) is 2.70. The van der Waals surface area contributed by atoms with Crippen LogP contribution in [0.2, 0.25) is 0 Å². The molecule has 3 aromatic rings. The molecule has 0 unspecified atom stereocenters. The van der Waals surface area contributed by atoms with Gasteiger partial charge in [-0.25, -0.2) is 28.6 Å². The van der Waals surface area contributed by atoms with Gasteiger partial charge >= 0.3 is 0 Å². The number of anilines is 1. The van der Waals surface area contributed by atoms with Crippen molar-refractivity contribution in [1.29, 1.82) is 0 Å². The SMILES string of the molecule is CNc1ccc2[nH+]c3ccccc3nc2c1.[O-][Cl+3]([O-])([O-])[O-]. The van der Waals surface area contributed by atoms with E-state index in [0.29, 0.717) is 0 Å². The second-order valence-electron chi connectivity index (χ2n) is 4.11. The Morgan fingerprint density at radius 2 is 1.57 bits per heavy atom. The summed E-state index contributed by atoms with van der Waals surface area (Å²) < 4.78 is 34.0. The Labute approximate surface area is 122 Å². The Kier molecular flexibility index (Phi) is 4.51. The second-order valence-corrected chi connectivity index (χ2v) is 4.87. The monoisotopic (exact) mass is 309 g/mol. The van der Waals surface area contributed by atoms with Crippen LogP contribution in [0, 0.1) is 10.2 Å². The topological polar surface area (TPSA) is 131 Å². The van der Waals surface area contributed by atoms with E-state index in [1.54, 1.807) is 0 Å². The molecular formula is C13H12ClN3O4. The van der Waals surface area contributed by atoms with Gasteiger partial charge in [0.1, 0.15) is 11.0 Å². The number of H-pyrrole nitrogens is 1. The van der Waals surface area contributed by atoms with Crippen LogP contribution >= 0.6 is 0 Å². The highest BCUT2D eigenvalue weighted by atomic mass is 35.7. The highest BCUT2D eigenvalue weighted by molar-refractivity contribution is 5.83. The Balaban J connectivity index is 0.000000282. The molecule has 8 heteroatoms. The third kappa shape index (κ3) is 4.48. The number of hydrogen-bond acceptors (Lipinski definition) is 6.